The quantitative estimate of drug-likeness (QED) is 0.469. The van der Waals surface area contributed by atoms with Gasteiger partial charge in [0.15, 0.2) is 0 Å². The van der Waals surface area contributed by atoms with E-state index in [0.29, 0.717) is 0 Å². The van der Waals surface area contributed by atoms with Crippen molar-refractivity contribution in [3.63, 3.8) is 0 Å². The van der Waals surface area contributed by atoms with Gasteiger partial charge in [0.2, 0.25) is 0 Å². The predicted octanol–water partition coefficient (Wildman–Crippen LogP) is 5.42. The minimum absolute atomic E-state index is 0.981. The summed E-state index contributed by atoms with van der Waals surface area (Å²) >= 11 is 0. The summed E-state index contributed by atoms with van der Waals surface area (Å²) in [6.45, 7) is 7.18. The number of unbranched alkanes of at least 4 members (excludes halogenated alkanes) is 3. The molecular weight excluding hydrogens is 180 g/mol. The predicted molar refractivity (Wildman–Crippen MR) is 69.0 cm³/mol. The van der Waals surface area contributed by atoms with E-state index in [1.807, 2.05) is 0 Å². The normalized spacial score (nSPS) is 27.4. The van der Waals surface area contributed by atoms with Gasteiger partial charge in [-0.1, -0.05) is 65.7 Å². The molecule has 15 heavy (non-hydrogen) atoms. The van der Waals surface area contributed by atoms with Crippen LogP contribution >= 0.6 is 0 Å². The Morgan fingerprint density at radius 3 is 2.40 bits per heavy atom. The topological polar surface area (TPSA) is 0 Å². The largest absolute Gasteiger partial charge is 0.0654 e. The average Bonchev–Trinajstić information content (AvgIpc) is 2.22. The van der Waals surface area contributed by atoms with Gasteiger partial charge in [-0.25, -0.2) is 0 Å². The van der Waals surface area contributed by atoms with Crippen LogP contribution in [0.25, 0.3) is 0 Å². The molecule has 3 unspecified atom stereocenters. The lowest BCUT2D eigenvalue weighted by Crippen LogP contribution is -2.23. The van der Waals surface area contributed by atoms with Crippen LogP contribution in [-0.4, -0.2) is 0 Å². The van der Waals surface area contributed by atoms with Gasteiger partial charge in [-0.05, 0) is 30.6 Å². The Morgan fingerprint density at radius 1 is 1.07 bits per heavy atom. The van der Waals surface area contributed by atoms with Gasteiger partial charge in [-0.3, -0.25) is 0 Å². The molecule has 0 spiro atoms. The Balaban J connectivity index is 1.91. The van der Waals surface area contributed by atoms with Crippen molar-refractivity contribution in [3.05, 3.63) is 0 Å². The monoisotopic (exact) mass is 210 g/mol. The first-order valence-electron chi connectivity index (χ1n) is 7.24. The molecule has 1 fully saturated rings. The van der Waals surface area contributed by atoms with Gasteiger partial charge in [0.1, 0.15) is 0 Å². The van der Waals surface area contributed by atoms with E-state index in [2.05, 4.69) is 20.8 Å². The second-order valence-corrected chi connectivity index (χ2v) is 5.85. The van der Waals surface area contributed by atoms with Crippen LogP contribution in [0.3, 0.4) is 0 Å². The van der Waals surface area contributed by atoms with Gasteiger partial charge in [-0.15, -0.1) is 0 Å². The van der Waals surface area contributed by atoms with Crippen molar-refractivity contribution in [1.82, 2.24) is 0 Å². The first kappa shape index (κ1) is 13.1. The minimum Gasteiger partial charge on any atom is -0.0654 e. The molecule has 3 atom stereocenters. The standard InChI is InChI=1S/C15H30/c1-4-5-6-7-8-13(2)9-11-15-12-10-14(15)3/h13-15H,4-12H2,1-3H3. The van der Waals surface area contributed by atoms with E-state index in [4.69, 9.17) is 0 Å². The summed E-state index contributed by atoms with van der Waals surface area (Å²) in [7, 11) is 0. The molecule has 0 nitrogen and oxygen atoms in total. The van der Waals surface area contributed by atoms with Crippen molar-refractivity contribution in [2.45, 2.75) is 78.6 Å². The third-order valence-electron chi connectivity index (χ3n) is 4.38. The molecule has 0 saturated heterocycles. The molecule has 0 radical (unpaired) electrons. The van der Waals surface area contributed by atoms with Crippen LogP contribution in [0.15, 0.2) is 0 Å². The summed E-state index contributed by atoms with van der Waals surface area (Å²) in [6, 6.07) is 0. The highest BCUT2D eigenvalue weighted by Crippen LogP contribution is 2.38. The van der Waals surface area contributed by atoms with Crippen molar-refractivity contribution in [3.8, 4) is 0 Å². The van der Waals surface area contributed by atoms with Gasteiger partial charge < -0.3 is 0 Å². The van der Waals surface area contributed by atoms with E-state index < -0.39 is 0 Å². The lowest BCUT2D eigenvalue weighted by Gasteiger charge is -2.34. The van der Waals surface area contributed by atoms with Gasteiger partial charge >= 0.3 is 0 Å². The molecule has 90 valence electrons. The lowest BCUT2D eigenvalue weighted by atomic mass is 9.72. The van der Waals surface area contributed by atoms with Gasteiger partial charge in [0, 0.05) is 0 Å². The van der Waals surface area contributed by atoms with Gasteiger partial charge in [0.25, 0.3) is 0 Å². The van der Waals surface area contributed by atoms with Crippen molar-refractivity contribution in [1.29, 1.82) is 0 Å². The van der Waals surface area contributed by atoms with E-state index in [0.717, 1.165) is 17.8 Å². The maximum atomic E-state index is 2.45. The Hall–Kier alpha value is 0. The molecule has 0 aromatic rings. The molecule has 1 saturated carbocycles. The average molecular weight is 210 g/mol. The molecular formula is C15H30. The zero-order valence-electron chi connectivity index (χ0n) is 11.1. The Morgan fingerprint density at radius 2 is 1.87 bits per heavy atom. The van der Waals surface area contributed by atoms with Crippen LogP contribution in [-0.2, 0) is 0 Å². The fourth-order valence-corrected chi connectivity index (χ4v) is 2.73. The van der Waals surface area contributed by atoms with Crippen LogP contribution in [0, 0.1) is 17.8 Å². The zero-order valence-corrected chi connectivity index (χ0v) is 11.1. The molecule has 0 aromatic carbocycles. The summed E-state index contributed by atoms with van der Waals surface area (Å²) in [6.07, 6.45) is 13.2. The first-order valence-corrected chi connectivity index (χ1v) is 7.24. The zero-order chi connectivity index (χ0) is 11.1. The Labute approximate surface area is 96.8 Å². The summed E-state index contributed by atoms with van der Waals surface area (Å²) in [4.78, 5) is 0. The van der Waals surface area contributed by atoms with E-state index in [1.54, 1.807) is 0 Å². The summed E-state index contributed by atoms with van der Waals surface area (Å²) < 4.78 is 0. The molecule has 0 aromatic heterocycles. The molecule has 1 aliphatic rings. The van der Waals surface area contributed by atoms with Gasteiger partial charge in [0.05, 0.1) is 0 Å². The second kappa shape index (κ2) is 7.30. The van der Waals surface area contributed by atoms with Crippen molar-refractivity contribution < 1.29 is 0 Å². The highest BCUT2D eigenvalue weighted by molar-refractivity contribution is 4.77. The molecule has 0 bridgehead atoms. The molecule has 0 aliphatic heterocycles. The van der Waals surface area contributed by atoms with Crippen LogP contribution in [0.5, 0.6) is 0 Å². The smallest absolute Gasteiger partial charge is 0.0388 e. The molecule has 0 N–H and O–H groups in total. The summed E-state index contributed by atoms with van der Waals surface area (Å²) in [5.41, 5.74) is 0. The van der Waals surface area contributed by atoms with E-state index >= 15 is 0 Å². The van der Waals surface area contributed by atoms with E-state index in [1.165, 1.54) is 57.8 Å². The third kappa shape index (κ3) is 5.04. The number of hydrogen-bond acceptors (Lipinski definition) is 0. The maximum absolute atomic E-state index is 2.45. The van der Waals surface area contributed by atoms with Crippen molar-refractivity contribution in [2.24, 2.45) is 17.8 Å². The molecule has 0 heterocycles. The summed E-state index contributed by atoms with van der Waals surface area (Å²) in [5.74, 6) is 3.11. The van der Waals surface area contributed by atoms with Crippen molar-refractivity contribution in [2.75, 3.05) is 0 Å². The van der Waals surface area contributed by atoms with Crippen molar-refractivity contribution >= 4 is 0 Å². The fourth-order valence-electron chi connectivity index (χ4n) is 2.73. The molecule has 1 rings (SSSR count). The second-order valence-electron chi connectivity index (χ2n) is 5.85. The van der Waals surface area contributed by atoms with Crippen LogP contribution in [0.1, 0.15) is 78.6 Å². The Kier molecular flexibility index (Phi) is 6.36. The van der Waals surface area contributed by atoms with E-state index in [9.17, 15) is 0 Å². The van der Waals surface area contributed by atoms with Crippen LogP contribution in [0.2, 0.25) is 0 Å². The number of rotatable bonds is 8. The van der Waals surface area contributed by atoms with Crippen LogP contribution in [0.4, 0.5) is 0 Å². The number of hydrogen-bond donors (Lipinski definition) is 0. The highest BCUT2D eigenvalue weighted by Gasteiger charge is 2.26. The summed E-state index contributed by atoms with van der Waals surface area (Å²) in [5, 5.41) is 0. The SMILES string of the molecule is CCCCCCC(C)CCC1CCC1C. The molecule has 0 heteroatoms. The molecule has 1 aliphatic carbocycles. The third-order valence-corrected chi connectivity index (χ3v) is 4.38. The van der Waals surface area contributed by atoms with E-state index in [-0.39, 0.29) is 0 Å². The van der Waals surface area contributed by atoms with Gasteiger partial charge in [-0.2, -0.15) is 0 Å². The fraction of sp³-hybridized carbons (Fsp3) is 1.00. The first-order chi connectivity index (χ1) is 7.24. The van der Waals surface area contributed by atoms with Crippen LogP contribution < -0.4 is 0 Å². The maximum Gasteiger partial charge on any atom is -0.0388 e. The molecule has 0 amide bonds. The Bertz CT molecular complexity index is 150. The lowest BCUT2D eigenvalue weighted by molar-refractivity contribution is 0.171. The highest BCUT2D eigenvalue weighted by atomic mass is 14.3. The minimum atomic E-state index is 0.981.